The maximum absolute atomic E-state index is 6.85. The number of benzene rings is 1. The zero-order valence-electron chi connectivity index (χ0n) is 23.0. The lowest BCUT2D eigenvalue weighted by molar-refractivity contribution is 0.181. The molecule has 0 aliphatic carbocycles. The standard InChI is InChI=1S/C21H30BrNOSSi.C6H15ClSi/c1-16(25-19-11-9-18(22)10-12-19)20(14-17-8-7-13-23-15-17)24-26(5,6)21(2,3)4;1-6(2,3)8(4,5)7/h7-13,15-16,20H,14H2,1-6H3;1-5H3/t16-,20?;/m1./s1. The molecule has 0 amide bonds. The summed E-state index contributed by atoms with van der Waals surface area (Å²) in [6.45, 7) is 24.8. The lowest BCUT2D eigenvalue weighted by Gasteiger charge is -2.41. The predicted octanol–water partition coefficient (Wildman–Crippen LogP) is 10.2. The Morgan fingerprint density at radius 1 is 0.971 bits per heavy atom. The van der Waals surface area contributed by atoms with Crippen molar-refractivity contribution < 1.29 is 4.43 Å². The lowest BCUT2D eigenvalue weighted by atomic mass is 10.1. The Balaban J connectivity index is 0.000000620. The average Bonchev–Trinajstić information content (AvgIpc) is 2.68. The van der Waals surface area contributed by atoms with Crippen LogP contribution in [-0.2, 0) is 10.8 Å². The minimum absolute atomic E-state index is 0.161. The van der Waals surface area contributed by atoms with Gasteiger partial charge in [0.2, 0.25) is 0 Å². The van der Waals surface area contributed by atoms with Gasteiger partial charge in [0.1, 0.15) is 0 Å². The topological polar surface area (TPSA) is 22.1 Å². The third-order valence-electron chi connectivity index (χ3n) is 6.85. The molecule has 2 rings (SSSR count). The highest BCUT2D eigenvalue weighted by Crippen LogP contribution is 2.40. The van der Waals surface area contributed by atoms with E-state index in [2.05, 4.69) is 126 Å². The van der Waals surface area contributed by atoms with E-state index in [4.69, 9.17) is 15.5 Å². The first kappa shape index (κ1) is 31.9. The molecule has 2 aromatic rings. The molecular weight excluding hydrogens is 558 g/mol. The summed E-state index contributed by atoms with van der Waals surface area (Å²) in [5.74, 6) is 0. The molecule has 0 N–H and O–H groups in total. The van der Waals surface area contributed by atoms with Crippen molar-refractivity contribution in [3.05, 3.63) is 58.8 Å². The van der Waals surface area contributed by atoms with Crippen LogP contribution < -0.4 is 0 Å². The van der Waals surface area contributed by atoms with Gasteiger partial charge in [-0.05, 0) is 65.5 Å². The van der Waals surface area contributed by atoms with E-state index in [-0.39, 0.29) is 11.1 Å². The lowest BCUT2D eigenvalue weighted by Crippen LogP contribution is -2.46. The Hall–Kier alpha value is -0.116. The molecule has 0 aliphatic heterocycles. The molecule has 1 unspecified atom stereocenters. The highest BCUT2D eigenvalue weighted by molar-refractivity contribution is 9.10. The molecule has 1 heterocycles. The fourth-order valence-electron chi connectivity index (χ4n) is 2.41. The summed E-state index contributed by atoms with van der Waals surface area (Å²) in [6.07, 6.45) is 4.84. The number of hydrogen-bond acceptors (Lipinski definition) is 3. The van der Waals surface area contributed by atoms with E-state index >= 15 is 0 Å². The van der Waals surface area contributed by atoms with E-state index < -0.39 is 15.7 Å². The van der Waals surface area contributed by atoms with Crippen molar-refractivity contribution in [2.75, 3.05) is 0 Å². The third-order valence-corrected chi connectivity index (χ3v) is 18.4. The van der Waals surface area contributed by atoms with Gasteiger partial charge in [-0.2, -0.15) is 11.1 Å². The van der Waals surface area contributed by atoms with E-state index in [1.807, 2.05) is 30.2 Å². The summed E-state index contributed by atoms with van der Waals surface area (Å²) in [7, 11) is -3.24. The number of nitrogens with zero attached hydrogens (tertiary/aromatic N) is 1. The van der Waals surface area contributed by atoms with Crippen molar-refractivity contribution in [1.82, 2.24) is 4.98 Å². The van der Waals surface area contributed by atoms with Crippen LogP contribution in [0.3, 0.4) is 0 Å². The van der Waals surface area contributed by atoms with Crippen molar-refractivity contribution in [2.24, 2.45) is 0 Å². The Labute approximate surface area is 229 Å². The minimum atomic E-state index is -1.85. The molecule has 0 radical (unpaired) electrons. The van der Waals surface area contributed by atoms with Crippen molar-refractivity contribution in [1.29, 1.82) is 0 Å². The van der Waals surface area contributed by atoms with Crippen LogP contribution in [0.4, 0.5) is 0 Å². The number of halogens is 2. The normalized spacial score (nSPS) is 14.7. The second-order valence-corrected chi connectivity index (χ2v) is 26.4. The van der Waals surface area contributed by atoms with Gasteiger partial charge in [0, 0.05) is 27.0 Å². The molecule has 34 heavy (non-hydrogen) atoms. The van der Waals surface area contributed by atoms with E-state index in [0.717, 1.165) is 10.9 Å². The second-order valence-electron chi connectivity index (χ2n) is 12.0. The fourth-order valence-corrected chi connectivity index (χ4v) is 5.20. The largest absolute Gasteiger partial charge is 0.412 e. The molecule has 0 saturated heterocycles. The third kappa shape index (κ3) is 10.9. The van der Waals surface area contributed by atoms with Gasteiger partial charge < -0.3 is 4.43 Å². The monoisotopic (exact) mass is 601 g/mol. The number of aromatic nitrogens is 1. The molecular formula is C27H45BrClNOSSi2. The maximum atomic E-state index is 6.85. The molecule has 7 heteroatoms. The van der Waals surface area contributed by atoms with Crippen LogP contribution in [0.1, 0.15) is 54.0 Å². The van der Waals surface area contributed by atoms with Crippen LogP contribution >= 0.6 is 38.8 Å². The predicted molar refractivity (Wildman–Crippen MR) is 163 cm³/mol. The van der Waals surface area contributed by atoms with Gasteiger partial charge in [-0.15, -0.1) is 11.8 Å². The van der Waals surface area contributed by atoms with Crippen LogP contribution in [0, 0.1) is 0 Å². The SMILES string of the molecule is CC(C)(C)[Si](C)(C)Cl.C[C@@H](Sc1ccc(Br)cc1)C(Cc1cccnc1)O[Si](C)(C)C(C)(C)C. The molecule has 0 aliphatic rings. The smallest absolute Gasteiger partial charge is 0.192 e. The van der Waals surface area contributed by atoms with Gasteiger partial charge in [0.25, 0.3) is 0 Å². The summed E-state index contributed by atoms with van der Waals surface area (Å²) in [6, 6.07) is 12.7. The first-order chi connectivity index (χ1) is 15.3. The van der Waals surface area contributed by atoms with E-state index in [1.165, 1.54) is 10.5 Å². The van der Waals surface area contributed by atoms with E-state index in [1.54, 1.807) is 0 Å². The highest BCUT2D eigenvalue weighted by Gasteiger charge is 2.40. The van der Waals surface area contributed by atoms with E-state index in [9.17, 15) is 0 Å². The van der Waals surface area contributed by atoms with Crippen molar-refractivity contribution in [3.8, 4) is 0 Å². The van der Waals surface area contributed by atoms with Crippen LogP contribution in [0.2, 0.25) is 36.3 Å². The summed E-state index contributed by atoms with van der Waals surface area (Å²) in [4.78, 5) is 5.55. The highest BCUT2D eigenvalue weighted by atomic mass is 79.9. The number of rotatable bonds is 7. The van der Waals surface area contributed by atoms with Gasteiger partial charge in [-0.3, -0.25) is 4.98 Å². The minimum Gasteiger partial charge on any atom is -0.412 e. The van der Waals surface area contributed by atoms with Gasteiger partial charge in [0.05, 0.1) is 6.10 Å². The molecule has 0 bridgehead atoms. The van der Waals surface area contributed by atoms with E-state index in [0.29, 0.717) is 10.3 Å². The summed E-state index contributed by atoms with van der Waals surface area (Å²) in [5.41, 5.74) is 1.24. The maximum Gasteiger partial charge on any atom is 0.192 e. The zero-order valence-corrected chi connectivity index (χ0v) is 28.2. The molecule has 1 aromatic carbocycles. The summed E-state index contributed by atoms with van der Waals surface area (Å²) in [5, 5.41) is 0.891. The molecule has 2 nitrogen and oxygen atoms in total. The Bertz CT molecular complexity index is 847. The molecule has 0 fully saturated rings. The number of hydrogen-bond donors (Lipinski definition) is 0. The Morgan fingerprint density at radius 3 is 1.91 bits per heavy atom. The Kier molecular flexibility index (Phi) is 12.1. The Morgan fingerprint density at radius 2 is 1.50 bits per heavy atom. The van der Waals surface area contributed by atoms with Crippen molar-refractivity contribution in [3.63, 3.8) is 0 Å². The van der Waals surface area contributed by atoms with Crippen LogP contribution in [0.5, 0.6) is 0 Å². The first-order valence-corrected chi connectivity index (χ1v) is 20.6. The summed E-state index contributed by atoms with van der Waals surface area (Å²) < 4.78 is 7.96. The van der Waals surface area contributed by atoms with Gasteiger partial charge >= 0.3 is 0 Å². The van der Waals surface area contributed by atoms with Gasteiger partial charge in [0.15, 0.2) is 15.7 Å². The first-order valence-electron chi connectivity index (χ1n) is 12.0. The second kappa shape index (κ2) is 12.9. The molecule has 0 saturated carbocycles. The zero-order chi connectivity index (χ0) is 26.4. The van der Waals surface area contributed by atoms with Gasteiger partial charge in [-0.25, -0.2) is 0 Å². The average molecular weight is 603 g/mol. The van der Waals surface area contributed by atoms with Crippen LogP contribution in [0.25, 0.3) is 0 Å². The molecule has 0 spiro atoms. The van der Waals surface area contributed by atoms with Crippen molar-refractivity contribution >= 4 is 54.5 Å². The molecule has 192 valence electrons. The van der Waals surface area contributed by atoms with Crippen molar-refractivity contribution in [2.45, 2.75) is 107 Å². The number of pyridine rings is 1. The summed E-state index contributed by atoms with van der Waals surface area (Å²) >= 11 is 11.5. The van der Waals surface area contributed by atoms with Crippen LogP contribution in [0.15, 0.2) is 58.2 Å². The molecule has 2 atom stereocenters. The number of thioether (sulfide) groups is 1. The van der Waals surface area contributed by atoms with Crippen LogP contribution in [-0.4, -0.2) is 32.0 Å². The quantitative estimate of drug-likeness (QED) is 0.179. The molecule has 1 aromatic heterocycles. The fraction of sp³-hybridized carbons (Fsp3) is 0.593. The van der Waals surface area contributed by atoms with Gasteiger partial charge in [-0.1, -0.05) is 83.6 Å².